The van der Waals surface area contributed by atoms with E-state index in [1.54, 1.807) is 0 Å². The fourth-order valence-corrected chi connectivity index (χ4v) is 3.00. The van der Waals surface area contributed by atoms with E-state index in [1.165, 1.54) is 50.8 Å². The van der Waals surface area contributed by atoms with Crippen LogP contribution in [-0.4, -0.2) is 54.6 Å². The fourth-order valence-electron chi connectivity index (χ4n) is 3.00. The number of hydrogen-bond acceptors (Lipinski definition) is 8. The number of ether oxygens (including phenoxy) is 4. The summed E-state index contributed by atoms with van der Waals surface area (Å²) in [6, 6.07) is 5.53. The van der Waals surface area contributed by atoms with Crippen LogP contribution in [-0.2, 0) is 15.7 Å². The van der Waals surface area contributed by atoms with E-state index in [2.05, 4.69) is 15.4 Å². The van der Waals surface area contributed by atoms with Gasteiger partial charge in [0.15, 0.2) is 18.1 Å². The number of amides is 1. The van der Waals surface area contributed by atoms with Gasteiger partial charge in [0.2, 0.25) is 5.75 Å². The third-order valence-corrected chi connectivity index (χ3v) is 4.52. The zero-order chi connectivity index (χ0) is 24.9. The lowest BCUT2D eigenvalue weighted by Crippen LogP contribution is -2.22. The highest BCUT2D eigenvalue weighted by Gasteiger charge is 2.31. The number of carbonyl (C=O) groups excluding carboxylic acids is 2. The molecule has 0 unspecified atom stereocenters. The van der Waals surface area contributed by atoms with Crippen molar-refractivity contribution in [3.8, 4) is 22.9 Å². The lowest BCUT2D eigenvalue weighted by molar-refractivity contribution is -0.137. The van der Waals surface area contributed by atoms with Gasteiger partial charge >= 0.3 is 12.1 Å². The summed E-state index contributed by atoms with van der Waals surface area (Å²) >= 11 is 0. The number of aromatic nitrogens is 3. The van der Waals surface area contributed by atoms with Crippen LogP contribution < -0.4 is 19.5 Å². The summed E-state index contributed by atoms with van der Waals surface area (Å²) in [6.45, 7) is -0.788. The Kier molecular flexibility index (Phi) is 7.24. The molecule has 0 aliphatic heterocycles. The fraction of sp³-hybridized carbons (Fsp3) is 0.238. The van der Waals surface area contributed by atoms with E-state index in [4.69, 9.17) is 18.9 Å². The van der Waals surface area contributed by atoms with Gasteiger partial charge in [0.05, 0.1) is 38.3 Å². The second-order valence-corrected chi connectivity index (χ2v) is 6.58. The molecular formula is C21H19F3N4O6. The molecular weight excluding hydrogens is 461 g/mol. The van der Waals surface area contributed by atoms with Gasteiger partial charge in [-0.2, -0.15) is 18.3 Å². The number of nitrogens with zero attached hydrogens (tertiary/aromatic N) is 3. The van der Waals surface area contributed by atoms with Crippen LogP contribution in [0.15, 0.2) is 43.0 Å². The summed E-state index contributed by atoms with van der Waals surface area (Å²) in [5.74, 6) is -1.33. The molecule has 1 aromatic heterocycles. The third-order valence-electron chi connectivity index (χ3n) is 4.52. The first-order valence-electron chi connectivity index (χ1n) is 9.51. The van der Waals surface area contributed by atoms with Gasteiger partial charge < -0.3 is 24.3 Å². The maximum Gasteiger partial charge on any atom is 0.416 e. The van der Waals surface area contributed by atoms with Crippen molar-refractivity contribution < 1.29 is 41.7 Å². The van der Waals surface area contributed by atoms with E-state index in [-0.39, 0.29) is 28.4 Å². The number of benzene rings is 2. The van der Waals surface area contributed by atoms with E-state index in [9.17, 15) is 22.8 Å². The molecule has 1 amide bonds. The number of nitrogens with one attached hydrogen (secondary N) is 1. The molecule has 0 aliphatic rings. The predicted octanol–water partition coefficient (Wildman–Crippen LogP) is 3.11. The number of alkyl halides is 3. The van der Waals surface area contributed by atoms with Gasteiger partial charge in [-0.05, 0) is 30.3 Å². The minimum absolute atomic E-state index is 0.0265. The van der Waals surface area contributed by atoms with Crippen LogP contribution in [0.1, 0.15) is 15.9 Å². The minimum Gasteiger partial charge on any atom is -0.493 e. The molecule has 0 saturated heterocycles. The van der Waals surface area contributed by atoms with E-state index in [0.29, 0.717) is 5.75 Å². The Balaban J connectivity index is 1.79. The molecule has 180 valence electrons. The van der Waals surface area contributed by atoms with Crippen LogP contribution in [0.2, 0.25) is 0 Å². The number of methoxy groups -OCH3 is 3. The highest BCUT2D eigenvalue weighted by molar-refractivity contribution is 5.98. The zero-order valence-corrected chi connectivity index (χ0v) is 18.2. The van der Waals surface area contributed by atoms with Gasteiger partial charge in [-0.25, -0.2) is 14.5 Å². The highest BCUT2D eigenvalue weighted by Crippen LogP contribution is 2.40. The molecule has 34 heavy (non-hydrogen) atoms. The predicted molar refractivity (Wildman–Crippen MR) is 111 cm³/mol. The lowest BCUT2D eigenvalue weighted by Gasteiger charge is -2.16. The number of rotatable bonds is 8. The van der Waals surface area contributed by atoms with Crippen molar-refractivity contribution in [2.45, 2.75) is 6.18 Å². The van der Waals surface area contributed by atoms with Gasteiger partial charge in [0, 0.05) is 0 Å². The van der Waals surface area contributed by atoms with E-state index in [1.807, 2.05) is 0 Å². The highest BCUT2D eigenvalue weighted by atomic mass is 19.4. The molecule has 10 nitrogen and oxygen atoms in total. The Morgan fingerprint density at radius 2 is 1.76 bits per heavy atom. The van der Waals surface area contributed by atoms with E-state index in [0.717, 1.165) is 18.2 Å². The van der Waals surface area contributed by atoms with Gasteiger partial charge in [-0.1, -0.05) is 0 Å². The third kappa shape index (κ3) is 5.19. The normalized spacial score (nSPS) is 11.0. The summed E-state index contributed by atoms with van der Waals surface area (Å²) in [6.07, 6.45) is -2.21. The Morgan fingerprint density at radius 3 is 2.35 bits per heavy atom. The average Bonchev–Trinajstić information content (AvgIpc) is 3.35. The first kappa shape index (κ1) is 24.4. The zero-order valence-electron chi connectivity index (χ0n) is 18.2. The smallest absolute Gasteiger partial charge is 0.416 e. The van der Waals surface area contributed by atoms with Crippen LogP contribution in [0.4, 0.5) is 18.9 Å². The number of esters is 1. The van der Waals surface area contributed by atoms with Gasteiger partial charge in [0.1, 0.15) is 18.2 Å². The lowest BCUT2D eigenvalue weighted by atomic mass is 10.1. The largest absolute Gasteiger partial charge is 0.493 e. The standard InChI is InChI=1S/C21H19F3N4O6/c1-31-16-7-5-13(18(32-2)19(16)33-3)20(30)34-9-17(29)27-14-8-12(21(22,23)24)4-6-15(14)28-11-25-10-26-28/h4-8,10-11H,9H2,1-3H3,(H,27,29). The van der Waals surface area contributed by atoms with Gasteiger partial charge in [-0.3, -0.25) is 4.79 Å². The first-order valence-corrected chi connectivity index (χ1v) is 9.51. The Labute approximate surface area is 191 Å². The van der Waals surface area contributed by atoms with Crippen LogP contribution in [0.5, 0.6) is 17.2 Å². The molecule has 1 heterocycles. The Morgan fingerprint density at radius 1 is 1.03 bits per heavy atom. The molecule has 0 aliphatic carbocycles. The SMILES string of the molecule is COc1ccc(C(=O)OCC(=O)Nc2cc(C(F)(F)F)ccc2-n2cncn2)c(OC)c1OC. The van der Waals surface area contributed by atoms with Crippen molar-refractivity contribution in [3.05, 3.63) is 54.1 Å². The van der Waals surface area contributed by atoms with Crippen LogP contribution >= 0.6 is 0 Å². The number of carbonyl (C=O) groups is 2. The maximum absolute atomic E-state index is 13.2. The van der Waals surface area contributed by atoms with Crippen molar-refractivity contribution in [3.63, 3.8) is 0 Å². The summed E-state index contributed by atoms with van der Waals surface area (Å²) < 4.78 is 61.2. The molecule has 13 heteroatoms. The molecule has 3 rings (SSSR count). The summed E-state index contributed by atoms with van der Waals surface area (Å²) in [4.78, 5) is 28.7. The van der Waals surface area contributed by atoms with Gasteiger partial charge in [-0.15, -0.1) is 0 Å². The summed E-state index contributed by atoms with van der Waals surface area (Å²) in [5, 5.41) is 6.17. The van der Waals surface area contributed by atoms with E-state index >= 15 is 0 Å². The Hall–Kier alpha value is -4.29. The number of anilines is 1. The molecule has 0 saturated carbocycles. The quantitative estimate of drug-likeness (QED) is 0.490. The minimum atomic E-state index is -4.64. The van der Waals surface area contributed by atoms with Crippen LogP contribution in [0.25, 0.3) is 5.69 Å². The van der Waals surface area contributed by atoms with Crippen molar-refractivity contribution in [2.75, 3.05) is 33.3 Å². The van der Waals surface area contributed by atoms with Crippen molar-refractivity contribution in [2.24, 2.45) is 0 Å². The second kappa shape index (κ2) is 10.1. The molecule has 0 bridgehead atoms. The maximum atomic E-state index is 13.2. The van der Waals surface area contributed by atoms with E-state index < -0.39 is 30.2 Å². The van der Waals surface area contributed by atoms with Gasteiger partial charge in [0.25, 0.3) is 5.91 Å². The molecule has 2 aromatic carbocycles. The first-order chi connectivity index (χ1) is 16.2. The molecule has 0 atom stereocenters. The molecule has 3 aromatic rings. The van der Waals surface area contributed by atoms with Crippen LogP contribution in [0, 0.1) is 0 Å². The van der Waals surface area contributed by atoms with Crippen molar-refractivity contribution in [1.29, 1.82) is 0 Å². The van der Waals surface area contributed by atoms with Crippen molar-refractivity contribution in [1.82, 2.24) is 14.8 Å². The molecule has 1 N–H and O–H groups in total. The average molecular weight is 480 g/mol. The topological polar surface area (TPSA) is 114 Å². The molecule has 0 fully saturated rings. The Bertz CT molecular complexity index is 1180. The molecule has 0 radical (unpaired) electrons. The number of hydrogen-bond donors (Lipinski definition) is 1. The second-order valence-electron chi connectivity index (χ2n) is 6.58. The monoisotopic (exact) mass is 480 g/mol. The summed E-state index contributed by atoms with van der Waals surface area (Å²) in [5.41, 5.74) is -1.11. The van der Waals surface area contributed by atoms with Crippen molar-refractivity contribution >= 4 is 17.6 Å². The number of halogens is 3. The summed E-state index contributed by atoms with van der Waals surface area (Å²) in [7, 11) is 4.06. The van der Waals surface area contributed by atoms with Crippen LogP contribution in [0.3, 0.4) is 0 Å². The molecule has 0 spiro atoms.